The molecule has 17 heavy (non-hydrogen) atoms. The van der Waals surface area contributed by atoms with Crippen molar-refractivity contribution in [3.63, 3.8) is 0 Å². The van der Waals surface area contributed by atoms with E-state index in [0.29, 0.717) is 18.2 Å². The number of thiazole rings is 1. The summed E-state index contributed by atoms with van der Waals surface area (Å²) in [6.07, 6.45) is 1.83. The molecule has 2 aromatic rings. The van der Waals surface area contributed by atoms with E-state index in [1.54, 1.807) is 11.3 Å². The summed E-state index contributed by atoms with van der Waals surface area (Å²) in [6, 6.07) is 5.55. The lowest BCUT2D eigenvalue weighted by atomic mass is 10.2. The van der Waals surface area contributed by atoms with Gasteiger partial charge in [0.25, 0.3) is 0 Å². The van der Waals surface area contributed by atoms with Gasteiger partial charge in [0.05, 0.1) is 9.88 Å². The highest BCUT2D eigenvalue weighted by molar-refractivity contribution is 7.11. The molecular formula is C12H13ClN2OS. The van der Waals surface area contributed by atoms with Gasteiger partial charge in [-0.3, -0.25) is 0 Å². The number of nitrogens with two attached hydrogens (primary N) is 1. The van der Waals surface area contributed by atoms with Crippen molar-refractivity contribution in [1.82, 2.24) is 4.98 Å². The Hall–Kier alpha value is -1.10. The van der Waals surface area contributed by atoms with E-state index in [1.807, 2.05) is 31.3 Å². The van der Waals surface area contributed by atoms with Crippen molar-refractivity contribution < 1.29 is 4.74 Å². The number of aromatic nitrogens is 1. The number of halogens is 1. The van der Waals surface area contributed by atoms with Crippen LogP contribution < -0.4 is 10.5 Å². The number of hydrogen-bond acceptors (Lipinski definition) is 4. The average molecular weight is 269 g/mol. The second kappa shape index (κ2) is 5.49. The predicted octanol–water partition coefficient (Wildman–Crippen LogP) is 3.14. The largest absolute Gasteiger partial charge is 0.488 e. The van der Waals surface area contributed by atoms with Gasteiger partial charge in [-0.05, 0) is 19.1 Å². The molecule has 0 spiro atoms. The Morgan fingerprint density at radius 3 is 2.94 bits per heavy atom. The van der Waals surface area contributed by atoms with E-state index in [9.17, 15) is 0 Å². The van der Waals surface area contributed by atoms with Gasteiger partial charge in [0.1, 0.15) is 12.4 Å². The number of hydrogen-bond donors (Lipinski definition) is 1. The van der Waals surface area contributed by atoms with E-state index < -0.39 is 0 Å². The third-order valence-electron chi connectivity index (χ3n) is 2.32. The molecule has 2 N–H and O–H groups in total. The van der Waals surface area contributed by atoms with Crippen LogP contribution in [-0.2, 0) is 13.2 Å². The zero-order chi connectivity index (χ0) is 12.3. The molecule has 0 fully saturated rings. The van der Waals surface area contributed by atoms with Crippen molar-refractivity contribution in [2.24, 2.45) is 5.73 Å². The van der Waals surface area contributed by atoms with Gasteiger partial charge < -0.3 is 10.5 Å². The predicted molar refractivity (Wildman–Crippen MR) is 70.5 cm³/mol. The van der Waals surface area contributed by atoms with E-state index >= 15 is 0 Å². The molecule has 1 aromatic carbocycles. The van der Waals surface area contributed by atoms with Crippen LogP contribution in [0, 0.1) is 6.92 Å². The van der Waals surface area contributed by atoms with Crippen molar-refractivity contribution >= 4 is 22.9 Å². The Morgan fingerprint density at radius 1 is 1.47 bits per heavy atom. The fraction of sp³-hybridized carbons (Fsp3) is 0.250. The molecule has 1 aromatic heterocycles. The van der Waals surface area contributed by atoms with E-state index in [2.05, 4.69) is 4.98 Å². The molecule has 0 saturated heterocycles. The van der Waals surface area contributed by atoms with Crippen LogP contribution in [0.3, 0.4) is 0 Å². The van der Waals surface area contributed by atoms with Crippen LogP contribution in [-0.4, -0.2) is 4.98 Å². The molecule has 0 bridgehead atoms. The first kappa shape index (κ1) is 12.4. The van der Waals surface area contributed by atoms with Crippen LogP contribution >= 0.6 is 22.9 Å². The Morgan fingerprint density at radius 2 is 2.29 bits per heavy atom. The van der Waals surface area contributed by atoms with E-state index in [4.69, 9.17) is 22.1 Å². The first-order valence-corrected chi connectivity index (χ1v) is 6.41. The van der Waals surface area contributed by atoms with Gasteiger partial charge in [-0.2, -0.15) is 0 Å². The number of ether oxygens (including phenoxy) is 1. The van der Waals surface area contributed by atoms with E-state index in [-0.39, 0.29) is 0 Å². The van der Waals surface area contributed by atoms with Gasteiger partial charge in [0.2, 0.25) is 0 Å². The number of benzene rings is 1. The lowest BCUT2D eigenvalue weighted by Crippen LogP contribution is -2.02. The molecule has 0 aliphatic rings. The minimum atomic E-state index is 0.372. The fourth-order valence-electron chi connectivity index (χ4n) is 1.49. The molecule has 0 amide bonds. The van der Waals surface area contributed by atoms with Crippen LogP contribution in [0.1, 0.15) is 15.4 Å². The molecule has 90 valence electrons. The van der Waals surface area contributed by atoms with Crippen LogP contribution in [0.5, 0.6) is 5.75 Å². The highest BCUT2D eigenvalue weighted by atomic mass is 35.5. The van der Waals surface area contributed by atoms with Crippen molar-refractivity contribution in [3.8, 4) is 5.75 Å². The van der Waals surface area contributed by atoms with Gasteiger partial charge in [-0.1, -0.05) is 17.7 Å². The van der Waals surface area contributed by atoms with Crippen LogP contribution in [0.25, 0.3) is 0 Å². The molecule has 2 rings (SSSR count). The topological polar surface area (TPSA) is 48.1 Å². The second-order valence-electron chi connectivity index (χ2n) is 3.55. The highest BCUT2D eigenvalue weighted by Crippen LogP contribution is 2.27. The fourth-order valence-corrected chi connectivity index (χ4v) is 2.44. The number of nitrogens with zero attached hydrogens (tertiary/aromatic N) is 1. The van der Waals surface area contributed by atoms with Crippen LogP contribution in [0.4, 0.5) is 0 Å². The van der Waals surface area contributed by atoms with Crippen LogP contribution in [0.2, 0.25) is 5.02 Å². The van der Waals surface area contributed by atoms with Gasteiger partial charge >= 0.3 is 0 Å². The molecule has 0 radical (unpaired) electrons. The molecule has 0 aliphatic heterocycles. The van der Waals surface area contributed by atoms with Gasteiger partial charge in [-0.25, -0.2) is 4.98 Å². The zero-order valence-electron chi connectivity index (χ0n) is 9.44. The third kappa shape index (κ3) is 2.97. The lowest BCUT2D eigenvalue weighted by Gasteiger charge is -2.10. The first-order valence-electron chi connectivity index (χ1n) is 5.22. The minimum absolute atomic E-state index is 0.372. The molecule has 0 atom stereocenters. The Labute approximate surface area is 109 Å². The van der Waals surface area contributed by atoms with Crippen molar-refractivity contribution in [3.05, 3.63) is 44.9 Å². The molecule has 1 heterocycles. The summed E-state index contributed by atoms with van der Waals surface area (Å²) in [7, 11) is 0. The minimum Gasteiger partial charge on any atom is -0.488 e. The third-order valence-corrected chi connectivity index (χ3v) is 3.56. The van der Waals surface area contributed by atoms with E-state index in [0.717, 1.165) is 21.2 Å². The summed E-state index contributed by atoms with van der Waals surface area (Å²) in [5, 5.41) is 1.68. The molecule has 0 aliphatic carbocycles. The van der Waals surface area contributed by atoms with Crippen LogP contribution in [0.15, 0.2) is 24.4 Å². The standard InChI is InChI=1S/C12H13ClN2OS/c1-8-15-6-9(17-8)7-16-12-4-2-3-11(13)10(12)5-14/h2-4,6H,5,7,14H2,1H3. The molecule has 0 unspecified atom stereocenters. The maximum absolute atomic E-state index is 6.05. The Bertz CT molecular complexity index is 513. The van der Waals surface area contributed by atoms with Gasteiger partial charge in [-0.15, -0.1) is 11.3 Å². The molecule has 5 heteroatoms. The number of rotatable bonds is 4. The molecular weight excluding hydrogens is 256 g/mol. The van der Waals surface area contributed by atoms with Gasteiger partial charge in [0.15, 0.2) is 0 Å². The molecule has 3 nitrogen and oxygen atoms in total. The maximum Gasteiger partial charge on any atom is 0.125 e. The highest BCUT2D eigenvalue weighted by Gasteiger charge is 2.07. The Balaban J connectivity index is 2.11. The van der Waals surface area contributed by atoms with Crippen molar-refractivity contribution in [2.45, 2.75) is 20.1 Å². The SMILES string of the molecule is Cc1ncc(COc2cccc(Cl)c2CN)s1. The lowest BCUT2D eigenvalue weighted by molar-refractivity contribution is 0.306. The second-order valence-corrected chi connectivity index (χ2v) is 5.28. The maximum atomic E-state index is 6.05. The zero-order valence-corrected chi connectivity index (χ0v) is 11.0. The normalized spacial score (nSPS) is 10.5. The Kier molecular flexibility index (Phi) is 3.99. The van der Waals surface area contributed by atoms with E-state index in [1.165, 1.54) is 0 Å². The first-order chi connectivity index (χ1) is 8.20. The quantitative estimate of drug-likeness (QED) is 0.927. The number of aryl methyl sites for hydroxylation is 1. The summed E-state index contributed by atoms with van der Waals surface area (Å²) in [5.41, 5.74) is 6.49. The monoisotopic (exact) mass is 268 g/mol. The summed E-state index contributed by atoms with van der Waals surface area (Å²) in [5.74, 6) is 0.742. The summed E-state index contributed by atoms with van der Waals surface area (Å²) in [6.45, 7) is 2.84. The summed E-state index contributed by atoms with van der Waals surface area (Å²) < 4.78 is 5.71. The average Bonchev–Trinajstić information content (AvgIpc) is 2.72. The van der Waals surface area contributed by atoms with Gasteiger partial charge in [0, 0.05) is 23.3 Å². The van der Waals surface area contributed by atoms with Crippen molar-refractivity contribution in [1.29, 1.82) is 0 Å². The van der Waals surface area contributed by atoms with Crippen molar-refractivity contribution in [2.75, 3.05) is 0 Å². The summed E-state index contributed by atoms with van der Waals surface area (Å²) >= 11 is 7.67. The molecule has 0 saturated carbocycles. The summed E-state index contributed by atoms with van der Waals surface area (Å²) in [4.78, 5) is 5.27. The smallest absolute Gasteiger partial charge is 0.125 e.